The molecule has 2 aromatic rings. The van der Waals surface area contributed by atoms with Crippen molar-refractivity contribution in [2.45, 2.75) is 30.2 Å². The molecule has 170 valence electrons. The Balaban J connectivity index is 1.52. The molecule has 2 N–H and O–H groups in total. The van der Waals surface area contributed by atoms with Gasteiger partial charge < -0.3 is 15.4 Å². The van der Waals surface area contributed by atoms with Crippen LogP contribution in [-0.4, -0.2) is 50.6 Å². The Bertz CT molecular complexity index is 1130. The van der Waals surface area contributed by atoms with E-state index in [1.165, 1.54) is 0 Å². The van der Waals surface area contributed by atoms with Crippen molar-refractivity contribution in [3.05, 3.63) is 63.7 Å². The third-order valence-corrected chi connectivity index (χ3v) is 5.82. The molecule has 32 heavy (non-hydrogen) atoms. The maximum atomic E-state index is 12.4. The Hall–Kier alpha value is -3.47. The molecule has 0 atom stereocenters. The lowest BCUT2D eigenvalue weighted by molar-refractivity contribution is -0.385. The van der Waals surface area contributed by atoms with Gasteiger partial charge in [0.1, 0.15) is 5.75 Å². The molecule has 11 heteroatoms. The van der Waals surface area contributed by atoms with Crippen molar-refractivity contribution in [3.63, 3.8) is 0 Å². The number of nitrogens with one attached hydrogen (secondary N) is 2. The second-order valence-corrected chi connectivity index (χ2v) is 9.54. The predicted molar refractivity (Wildman–Crippen MR) is 115 cm³/mol. The number of nitrogens with zero attached hydrogens (tertiary/aromatic N) is 1. The Labute approximate surface area is 185 Å². The third-order valence-electron chi connectivity index (χ3n) is 4.73. The Morgan fingerprint density at radius 2 is 1.84 bits per heavy atom. The van der Waals surface area contributed by atoms with Crippen molar-refractivity contribution < 1.29 is 27.7 Å². The molecular formula is C21H23N3O7S. The van der Waals surface area contributed by atoms with Gasteiger partial charge in [0.25, 0.3) is 17.5 Å². The first-order valence-corrected chi connectivity index (χ1v) is 11.8. The second-order valence-electron chi connectivity index (χ2n) is 7.53. The summed E-state index contributed by atoms with van der Waals surface area (Å²) in [5, 5.41) is 16.5. The van der Waals surface area contributed by atoms with Gasteiger partial charge in [0.2, 0.25) is 0 Å². The minimum Gasteiger partial charge on any atom is -0.484 e. The predicted octanol–water partition coefficient (Wildman–Crippen LogP) is 1.63. The van der Waals surface area contributed by atoms with Gasteiger partial charge in [0.15, 0.2) is 16.4 Å². The van der Waals surface area contributed by atoms with E-state index in [9.17, 15) is 28.1 Å². The maximum Gasteiger partial charge on any atom is 0.271 e. The van der Waals surface area contributed by atoms with Crippen LogP contribution in [0.25, 0.3) is 0 Å². The molecule has 0 bridgehead atoms. The number of amides is 2. The maximum absolute atomic E-state index is 12.4. The first-order chi connectivity index (χ1) is 15.1. The summed E-state index contributed by atoms with van der Waals surface area (Å²) in [4.78, 5) is 34.1. The van der Waals surface area contributed by atoms with Gasteiger partial charge in [-0.1, -0.05) is 12.1 Å². The van der Waals surface area contributed by atoms with Gasteiger partial charge in [-0.05, 0) is 43.0 Å². The fraction of sp³-hybridized carbons (Fsp3) is 0.333. The van der Waals surface area contributed by atoms with Gasteiger partial charge in [0, 0.05) is 36.5 Å². The first kappa shape index (κ1) is 23.2. The molecule has 1 aliphatic rings. The minimum atomic E-state index is -3.72. The van der Waals surface area contributed by atoms with Crippen molar-refractivity contribution >= 4 is 27.3 Å². The fourth-order valence-electron chi connectivity index (χ4n) is 2.85. The monoisotopic (exact) mass is 461 g/mol. The van der Waals surface area contributed by atoms with E-state index in [-0.39, 0.29) is 35.6 Å². The van der Waals surface area contributed by atoms with Gasteiger partial charge >= 0.3 is 0 Å². The molecule has 1 saturated carbocycles. The molecule has 1 fully saturated rings. The zero-order valence-electron chi connectivity index (χ0n) is 17.4. The highest BCUT2D eigenvalue weighted by Gasteiger charge is 2.23. The number of nitro groups is 1. The molecule has 0 unspecified atom stereocenters. The Morgan fingerprint density at radius 1 is 1.16 bits per heavy atom. The normalized spacial score (nSPS) is 13.3. The van der Waals surface area contributed by atoms with E-state index in [2.05, 4.69) is 10.6 Å². The van der Waals surface area contributed by atoms with E-state index in [0.717, 1.165) is 42.9 Å². The quantitative estimate of drug-likeness (QED) is 0.404. The summed E-state index contributed by atoms with van der Waals surface area (Å²) < 4.78 is 28.9. The second kappa shape index (κ2) is 9.77. The van der Waals surface area contributed by atoms with Crippen molar-refractivity contribution in [3.8, 4) is 5.75 Å². The Kier molecular flexibility index (Phi) is 7.08. The van der Waals surface area contributed by atoms with Gasteiger partial charge in [-0.2, -0.15) is 0 Å². The van der Waals surface area contributed by atoms with E-state index in [0.29, 0.717) is 12.2 Å². The van der Waals surface area contributed by atoms with E-state index in [1.807, 2.05) is 0 Å². The zero-order chi connectivity index (χ0) is 23.3. The van der Waals surface area contributed by atoms with Crippen LogP contribution in [0, 0.1) is 10.1 Å². The number of ether oxygens (including phenoxy) is 1. The number of carbonyl (C=O) groups excluding carboxylic acids is 2. The highest BCUT2D eigenvalue weighted by molar-refractivity contribution is 7.90. The molecule has 0 saturated heterocycles. The van der Waals surface area contributed by atoms with Gasteiger partial charge in [-0.15, -0.1) is 0 Å². The molecule has 0 heterocycles. The lowest BCUT2D eigenvalue weighted by atomic mass is 10.1. The van der Waals surface area contributed by atoms with Crippen LogP contribution in [0.15, 0.2) is 47.4 Å². The average Bonchev–Trinajstić information content (AvgIpc) is 3.56. The Morgan fingerprint density at radius 3 is 2.44 bits per heavy atom. The van der Waals surface area contributed by atoms with Crippen LogP contribution in [-0.2, 0) is 21.1 Å². The number of nitro benzene ring substituents is 1. The number of benzene rings is 2. The molecule has 2 amide bonds. The molecule has 10 nitrogen and oxygen atoms in total. The summed E-state index contributed by atoms with van der Waals surface area (Å²) in [6, 6.07) is 10.4. The number of non-ortho nitro benzene ring substituents is 1. The van der Waals surface area contributed by atoms with E-state index in [1.54, 1.807) is 24.3 Å². The van der Waals surface area contributed by atoms with Gasteiger partial charge in [0.05, 0.1) is 9.82 Å². The number of hydrogen-bond acceptors (Lipinski definition) is 7. The number of rotatable bonds is 10. The van der Waals surface area contributed by atoms with E-state index in [4.69, 9.17) is 4.74 Å². The van der Waals surface area contributed by atoms with E-state index >= 15 is 0 Å². The standard InChI is InChI=1S/C21H23N3O7S/c1-32(29,30)19-11-15(10-17(12-19)24(27)28)21(26)22-9-8-14-2-6-18(7-3-14)31-13-20(25)23-16-4-5-16/h2-3,6-7,10-12,16H,4-5,8-9,13H2,1H3,(H,22,26)(H,23,25). The van der Waals surface area contributed by atoms with Gasteiger partial charge in [-0.25, -0.2) is 8.42 Å². The molecule has 0 spiro atoms. The topological polar surface area (TPSA) is 145 Å². The van der Waals surface area contributed by atoms with Gasteiger partial charge in [-0.3, -0.25) is 19.7 Å². The fourth-order valence-corrected chi connectivity index (χ4v) is 3.53. The van der Waals surface area contributed by atoms with Crippen molar-refractivity contribution in [1.29, 1.82) is 0 Å². The van der Waals surface area contributed by atoms with Crippen LogP contribution >= 0.6 is 0 Å². The van der Waals surface area contributed by atoms with Crippen molar-refractivity contribution in [2.24, 2.45) is 0 Å². The molecule has 3 rings (SSSR count). The molecule has 0 aliphatic heterocycles. The van der Waals surface area contributed by atoms with Crippen LogP contribution < -0.4 is 15.4 Å². The summed E-state index contributed by atoms with van der Waals surface area (Å²) in [6.45, 7) is 0.185. The van der Waals surface area contributed by atoms with Crippen molar-refractivity contribution in [2.75, 3.05) is 19.4 Å². The largest absolute Gasteiger partial charge is 0.484 e. The summed E-state index contributed by atoms with van der Waals surface area (Å²) in [6.07, 6.45) is 3.41. The number of carbonyl (C=O) groups is 2. The van der Waals surface area contributed by atoms with Crippen LogP contribution in [0.1, 0.15) is 28.8 Å². The van der Waals surface area contributed by atoms with Crippen LogP contribution in [0.5, 0.6) is 5.75 Å². The zero-order valence-corrected chi connectivity index (χ0v) is 18.2. The summed E-state index contributed by atoms with van der Waals surface area (Å²) in [7, 11) is -3.72. The first-order valence-electron chi connectivity index (χ1n) is 9.90. The lowest BCUT2D eigenvalue weighted by Gasteiger charge is -2.09. The molecular weight excluding hydrogens is 438 g/mol. The summed E-state index contributed by atoms with van der Waals surface area (Å²) in [5.74, 6) is -0.215. The third kappa shape index (κ3) is 6.77. The minimum absolute atomic E-state index is 0.0510. The number of sulfone groups is 1. The molecule has 0 aromatic heterocycles. The van der Waals surface area contributed by atoms with Crippen molar-refractivity contribution in [1.82, 2.24) is 10.6 Å². The lowest BCUT2D eigenvalue weighted by Crippen LogP contribution is -2.30. The number of hydrogen-bond donors (Lipinski definition) is 2. The SMILES string of the molecule is CS(=O)(=O)c1cc(C(=O)NCCc2ccc(OCC(=O)NC3CC3)cc2)cc([N+](=O)[O-])c1. The molecule has 0 radical (unpaired) electrons. The van der Waals surface area contributed by atoms with Crippen LogP contribution in [0.4, 0.5) is 5.69 Å². The smallest absolute Gasteiger partial charge is 0.271 e. The van der Waals surface area contributed by atoms with Crippen LogP contribution in [0.3, 0.4) is 0 Å². The van der Waals surface area contributed by atoms with Crippen LogP contribution in [0.2, 0.25) is 0 Å². The molecule has 2 aromatic carbocycles. The van der Waals surface area contributed by atoms with E-state index < -0.39 is 26.4 Å². The highest BCUT2D eigenvalue weighted by atomic mass is 32.2. The average molecular weight is 461 g/mol. The molecule has 1 aliphatic carbocycles. The highest BCUT2D eigenvalue weighted by Crippen LogP contribution is 2.21. The summed E-state index contributed by atoms with van der Waals surface area (Å²) in [5.41, 5.74) is 0.322. The summed E-state index contributed by atoms with van der Waals surface area (Å²) >= 11 is 0.